The lowest BCUT2D eigenvalue weighted by Gasteiger charge is -2.31. The number of H-pyrrole nitrogens is 1. The van der Waals surface area contributed by atoms with Crippen LogP contribution in [0, 0.1) is 11.7 Å². The third-order valence-corrected chi connectivity index (χ3v) is 4.57. The average molecular weight is 304 g/mol. The average Bonchev–Trinajstić information content (AvgIpc) is 2.94. The van der Waals surface area contributed by atoms with Gasteiger partial charge in [-0.2, -0.15) is 0 Å². The highest BCUT2D eigenvalue weighted by molar-refractivity contribution is 5.98. The van der Waals surface area contributed by atoms with E-state index in [1.165, 1.54) is 6.07 Å². The SMILES string of the molecule is CN(CC1CCCCC1O)C(=O)c1cc2c(F)cccc2[nH]1. The van der Waals surface area contributed by atoms with E-state index in [-0.39, 0.29) is 23.7 Å². The van der Waals surface area contributed by atoms with Crippen molar-refractivity contribution < 1.29 is 14.3 Å². The summed E-state index contributed by atoms with van der Waals surface area (Å²) in [5, 5.41) is 10.5. The summed E-state index contributed by atoms with van der Waals surface area (Å²) in [5.74, 6) is -0.379. The van der Waals surface area contributed by atoms with Crippen LogP contribution in [0.15, 0.2) is 24.3 Å². The van der Waals surface area contributed by atoms with Gasteiger partial charge < -0.3 is 15.0 Å². The minimum atomic E-state index is -0.335. The maximum absolute atomic E-state index is 13.7. The number of halogens is 1. The van der Waals surface area contributed by atoms with Crippen molar-refractivity contribution >= 4 is 16.8 Å². The first-order chi connectivity index (χ1) is 10.6. The number of aliphatic hydroxyl groups excluding tert-OH is 1. The van der Waals surface area contributed by atoms with Crippen LogP contribution in [0.3, 0.4) is 0 Å². The highest BCUT2D eigenvalue weighted by Crippen LogP contribution is 2.25. The van der Waals surface area contributed by atoms with E-state index in [1.807, 2.05) is 0 Å². The van der Waals surface area contributed by atoms with E-state index in [9.17, 15) is 14.3 Å². The minimum absolute atomic E-state index is 0.129. The predicted octanol–water partition coefficient (Wildman–Crippen LogP) is 2.93. The van der Waals surface area contributed by atoms with Crippen LogP contribution in [0.25, 0.3) is 10.9 Å². The molecule has 1 aromatic heterocycles. The molecule has 0 spiro atoms. The van der Waals surface area contributed by atoms with Crippen LogP contribution in [-0.4, -0.2) is 40.6 Å². The number of amides is 1. The molecule has 0 bridgehead atoms. The van der Waals surface area contributed by atoms with Crippen LogP contribution in [0.5, 0.6) is 0 Å². The summed E-state index contributed by atoms with van der Waals surface area (Å²) in [6.07, 6.45) is 3.58. The summed E-state index contributed by atoms with van der Waals surface area (Å²) in [4.78, 5) is 17.1. The van der Waals surface area contributed by atoms with Crippen molar-refractivity contribution in [1.82, 2.24) is 9.88 Å². The zero-order valence-corrected chi connectivity index (χ0v) is 12.7. The van der Waals surface area contributed by atoms with Gasteiger partial charge in [-0.25, -0.2) is 4.39 Å². The molecule has 1 aliphatic rings. The number of nitrogens with zero attached hydrogens (tertiary/aromatic N) is 1. The molecular formula is C17H21FN2O2. The Kier molecular flexibility index (Phi) is 4.16. The Balaban J connectivity index is 1.75. The highest BCUT2D eigenvalue weighted by atomic mass is 19.1. The van der Waals surface area contributed by atoms with Gasteiger partial charge in [-0.15, -0.1) is 0 Å². The molecule has 0 saturated heterocycles. The molecule has 118 valence electrons. The van der Waals surface area contributed by atoms with Gasteiger partial charge in [0, 0.05) is 30.4 Å². The third kappa shape index (κ3) is 2.86. The van der Waals surface area contributed by atoms with Gasteiger partial charge in [0.25, 0.3) is 5.91 Å². The van der Waals surface area contributed by atoms with Crippen molar-refractivity contribution in [2.45, 2.75) is 31.8 Å². The standard InChI is InChI=1S/C17H21FN2O2/c1-20(10-11-5-2-3-8-16(11)21)17(22)15-9-12-13(18)6-4-7-14(12)19-15/h4,6-7,9,11,16,19,21H,2-3,5,8,10H2,1H3. The summed E-state index contributed by atoms with van der Waals surface area (Å²) in [5.41, 5.74) is 1.00. The number of carbonyl (C=O) groups excluding carboxylic acids is 1. The molecule has 0 aliphatic heterocycles. The second kappa shape index (κ2) is 6.08. The first-order valence-electron chi connectivity index (χ1n) is 7.77. The van der Waals surface area contributed by atoms with E-state index < -0.39 is 0 Å². The van der Waals surface area contributed by atoms with Gasteiger partial charge >= 0.3 is 0 Å². The van der Waals surface area contributed by atoms with Gasteiger partial charge in [-0.05, 0) is 31.0 Å². The summed E-state index contributed by atoms with van der Waals surface area (Å²) in [6, 6.07) is 6.30. The van der Waals surface area contributed by atoms with Crippen molar-refractivity contribution in [2.24, 2.45) is 5.92 Å². The largest absolute Gasteiger partial charge is 0.393 e. The van der Waals surface area contributed by atoms with E-state index in [0.29, 0.717) is 23.1 Å². The van der Waals surface area contributed by atoms with Crippen LogP contribution < -0.4 is 0 Å². The first-order valence-corrected chi connectivity index (χ1v) is 7.77. The highest BCUT2D eigenvalue weighted by Gasteiger charge is 2.26. The summed E-state index contributed by atoms with van der Waals surface area (Å²) in [6.45, 7) is 0.526. The molecule has 1 heterocycles. The Labute approximate surface area is 128 Å². The zero-order valence-electron chi connectivity index (χ0n) is 12.7. The van der Waals surface area contributed by atoms with E-state index >= 15 is 0 Å². The maximum Gasteiger partial charge on any atom is 0.270 e. The number of carbonyl (C=O) groups is 1. The smallest absolute Gasteiger partial charge is 0.270 e. The minimum Gasteiger partial charge on any atom is -0.393 e. The normalized spacial score (nSPS) is 22.0. The van der Waals surface area contributed by atoms with Gasteiger partial charge in [0.15, 0.2) is 0 Å². The van der Waals surface area contributed by atoms with Gasteiger partial charge in [0.05, 0.1) is 6.10 Å². The molecule has 3 rings (SSSR count). The van der Waals surface area contributed by atoms with E-state index in [0.717, 1.165) is 25.7 Å². The molecule has 1 saturated carbocycles. The number of aromatic amines is 1. The van der Waals surface area contributed by atoms with Crippen LogP contribution in [-0.2, 0) is 0 Å². The first kappa shape index (κ1) is 15.0. The van der Waals surface area contributed by atoms with Crippen molar-refractivity contribution in [1.29, 1.82) is 0 Å². The van der Waals surface area contributed by atoms with Crippen LogP contribution in [0.1, 0.15) is 36.2 Å². The second-order valence-corrected chi connectivity index (χ2v) is 6.18. The van der Waals surface area contributed by atoms with Gasteiger partial charge in [0.1, 0.15) is 11.5 Å². The van der Waals surface area contributed by atoms with Gasteiger partial charge in [-0.1, -0.05) is 18.9 Å². The Hall–Kier alpha value is -1.88. The second-order valence-electron chi connectivity index (χ2n) is 6.18. The molecule has 1 fully saturated rings. The van der Waals surface area contributed by atoms with Gasteiger partial charge in [0.2, 0.25) is 0 Å². The number of nitrogens with one attached hydrogen (secondary N) is 1. The lowest BCUT2D eigenvalue weighted by Crippen LogP contribution is -2.38. The molecule has 5 heteroatoms. The predicted molar refractivity (Wildman–Crippen MR) is 83.2 cm³/mol. The molecule has 2 N–H and O–H groups in total. The Morgan fingerprint density at radius 2 is 2.18 bits per heavy atom. The monoisotopic (exact) mass is 304 g/mol. The van der Waals surface area contributed by atoms with Crippen LogP contribution in [0.2, 0.25) is 0 Å². The van der Waals surface area contributed by atoms with E-state index in [4.69, 9.17) is 0 Å². The topological polar surface area (TPSA) is 56.3 Å². The van der Waals surface area contributed by atoms with Crippen molar-refractivity contribution in [2.75, 3.05) is 13.6 Å². The summed E-state index contributed by atoms with van der Waals surface area (Å²) < 4.78 is 13.7. The molecule has 2 unspecified atom stereocenters. The van der Waals surface area contributed by atoms with Crippen LogP contribution in [0.4, 0.5) is 4.39 Å². The van der Waals surface area contributed by atoms with Crippen LogP contribution >= 0.6 is 0 Å². The fourth-order valence-electron chi connectivity index (χ4n) is 3.27. The molecule has 4 nitrogen and oxygen atoms in total. The molecule has 1 aromatic carbocycles. The molecule has 1 aliphatic carbocycles. The van der Waals surface area contributed by atoms with Crippen molar-refractivity contribution in [3.63, 3.8) is 0 Å². The molecular weight excluding hydrogens is 283 g/mol. The lowest BCUT2D eigenvalue weighted by atomic mass is 9.86. The molecule has 0 radical (unpaired) electrons. The lowest BCUT2D eigenvalue weighted by molar-refractivity contribution is 0.0449. The zero-order chi connectivity index (χ0) is 15.7. The van der Waals surface area contributed by atoms with Gasteiger partial charge in [-0.3, -0.25) is 4.79 Å². The number of aliphatic hydroxyl groups is 1. The molecule has 2 atom stereocenters. The fraction of sp³-hybridized carbons (Fsp3) is 0.471. The molecule has 2 aromatic rings. The van der Waals surface area contributed by atoms with Crippen molar-refractivity contribution in [3.05, 3.63) is 35.8 Å². The summed E-state index contributed by atoms with van der Waals surface area (Å²) >= 11 is 0. The number of hydrogen-bond donors (Lipinski definition) is 2. The molecule has 1 amide bonds. The van der Waals surface area contributed by atoms with E-state index in [2.05, 4.69) is 4.98 Å². The third-order valence-electron chi connectivity index (χ3n) is 4.57. The van der Waals surface area contributed by atoms with E-state index in [1.54, 1.807) is 30.1 Å². The summed E-state index contributed by atoms with van der Waals surface area (Å²) in [7, 11) is 1.73. The fourth-order valence-corrected chi connectivity index (χ4v) is 3.27. The Morgan fingerprint density at radius 3 is 2.91 bits per heavy atom. The Morgan fingerprint density at radius 1 is 1.41 bits per heavy atom. The number of hydrogen-bond acceptors (Lipinski definition) is 2. The quantitative estimate of drug-likeness (QED) is 0.916. The maximum atomic E-state index is 13.7. The molecule has 22 heavy (non-hydrogen) atoms. The number of aromatic nitrogens is 1. The number of fused-ring (bicyclic) bond motifs is 1. The van der Waals surface area contributed by atoms with Crippen molar-refractivity contribution in [3.8, 4) is 0 Å². The number of rotatable bonds is 3. The Bertz CT molecular complexity index is 682. The number of benzene rings is 1.